The molecule has 2 rings (SSSR count). The first-order chi connectivity index (χ1) is 7.90. The number of hydrogen-bond acceptors (Lipinski definition) is 2. The Labute approximate surface area is 122 Å². The van der Waals surface area contributed by atoms with Crippen molar-refractivity contribution in [2.45, 2.75) is 39.2 Å². The van der Waals surface area contributed by atoms with E-state index in [9.17, 15) is 4.79 Å². The van der Waals surface area contributed by atoms with Crippen LogP contribution in [0.2, 0.25) is 0 Å². The SMILES string of the molecule is CC1(C)CCCC1NC(=O)c1cc(Br)sc1Br. The molecule has 17 heavy (non-hydrogen) atoms. The zero-order valence-electron chi connectivity index (χ0n) is 9.85. The average Bonchev–Trinajstić information content (AvgIpc) is 2.70. The van der Waals surface area contributed by atoms with E-state index in [2.05, 4.69) is 51.0 Å². The minimum absolute atomic E-state index is 0.0267. The van der Waals surface area contributed by atoms with Crippen LogP contribution in [0, 0.1) is 5.41 Å². The van der Waals surface area contributed by atoms with Gasteiger partial charge in [-0.2, -0.15) is 0 Å². The van der Waals surface area contributed by atoms with Crippen molar-refractivity contribution in [1.82, 2.24) is 5.32 Å². The molecule has 0 radical (unpaired) electrons. The number of carbonyl (C=O) groups excluding carboxylic acids is 1. The molecule has 0 aromatic carbocycles. The number of halogens is 2. The van der Waals surface area contributed by atoms with Gasteiger partial charge in [-0.25, -0.2) is 0 Å². The van der Waals surface area contributed by atoms with Gasteiger partial charge >= 0.3 is 0 Å². The minimum atomic E-state index is 0.0267. The van der Waals surface area contributed by atoms with Gasteiger partial charge in [0, 0.05) is 6.04 Å². The molecule has 0 spiro atoms. The van der Waals surface area contributed by atoms with Gasteiger partial charge in [0.05, 0.1) is 13.1 Å². The first kappa shape index (κ1) is 13.6. The van der Waals surface area contributed by atoms with Crippen molar-refractivity contribution < 1.29 is 4.79 Å². The van der Waals surface area contributed by atoms with Gasteiger partial charge in [0.1, 0.15) is 0 Å². The lowest BCUT2D eigenvalue weighted by Crippen LogP contribution is -2.41. The molecule has 1 amide bonds. The molecule has 1 unspecified atom stereocenters. The maximum absolute atomic E-state index is 12.2. The van der Waals surface area contributed by atoms with E-state index < -0.39 is 0 Å². The highest BCUT2D eigenvalue weighted by molar-refractivity contribution is 9.12. The summed E-state index contributed by atoms with van der Waals surface area (Å²) in [7, 11) is 0. The highest BCUT2D eigenvalue weighted by Crippen LogP contribution is 2.38. The largest absolute Gasteiger partial charge is 0.349 e. The third kappa shape index (κ3) is 2.93. The number of nitrogens with one attached hydrogen (secondary N) is 1. The van der Waals surface area contributed by atoms with Crippen molar-refractivity contribution in [2.24, 2.45) is 5.41 Å². The van der Waals surface area contributed by atoms with Crippen LogP contribution in [0.15, 0.2) is 13.6 Å². The smallest absolute Gasteiger partial charge is 0.253 e. The number of hydrogen-bond donors (Lipinski definition) is 1. The van der Waals surface area contributed by atoms with Gasteiger partial charge in [-0.3, -0.25) is 4.79 Å². The lowest BCUT2D eigenvalue weighted by atomic mass is 9.87. The third-order valence-corrected chi connectivity index (χ3v) is 5.80. The Kier molecular flexibility index (Phi) is 4.00. The summed E-state index contributed by atoms with van der Waals surface area (Å²) >= 11 is 8.35. The Bertz CT molecular complexity index is 442. The van der Waals surface area contributed by atoms with E-state index in [4.69, 9.17) is 0 Å². The summed E-state index contributed by atoms with van der Waals surface area (Å²) in [5.74, 6) is 0.0267. The van der Waals surface area contributed by atoms with E-state index in [0.29, 0.717) is 6.04 Å². The van der Waals surface area contributed by atoms with E-state index >= 15 is 0 Å². The first-order valence-corrected chi connectivity index (χ1v) is 8.06. The first-order valence-electron chi connectivity index (χ1n) is 5.66. The lowest BCUT2D eigenvalue weighted by molar-refractivity contribution is 0.0910. The van der Waals surface area contributed by atoms with Crippen LogP contribution in [0.4, 0.5) is 0 Å². The van der Waals surface area contributed by atoms with Crippen LogP contribution >= 0.6 is 43.2 Å². The molecule has 1 aromatic rings. The van der Waals surface area contributed by atoms with Crippen LogP contribution in [0.25, 0.3) is 0 Å². The Morgan fingerprint density at radius 2 is 2.24 bits per heavy atom. The lowest BCUT2D eigenvalue weighted by Gasteiger charge is -2.27. The average molecular weight is 381 g/mol. The van der Waals surface area contributed by atoms with E-state index in [1.807, 2.05) is 6.07 Å². The monoisotopic (exact) mass is 379 g/mol. The van der Waals surface area contributed by atoms with Gasteiger partial charge in [-0.05, 0) is 56.2 Å². The number of amides is 1. The van der Waals surface area contributed by atoms with Gasteiger partial charge in [0.15, 0.2) is 0 Å². The highest BCUT2D eigenvalue weighted by atomic mass is 79.9. The molecule has 1 aromatic heterocycles. The van der Waals surface area contributed by atoms with Crippen molar-refractivity contribution >= 4 is 49.1 Å². The number of rotatable bonds is 2. The van der Waals surface area contributed by atoms with Crippen LogP contribution in [-0.2, 0) is 0 Å². The van der Waals surface area contributed by atoms with Crippen LogP contribution in [0.3, 0.4) is 0 Å². The molecule has 94 valence electrons. The molecule has 1 N–H and O–H groups in total. The predicted octanol–water partition coefficient (Wildman–Crippen LogP) is 4.58. The second-order valence-corrected chi connectivity index (χ2v) is 8.89. The van der Waals surface area contributed by atoms with E-state index in [1.54, 1.807) is 0 Å². The highest BCUT2D eigenvalue weighted by Gasteiger charge is 2.35. The molecule has 5 heteroatoms. The quantitative estimate of drug-likeness (QED) is 0.799. The van der Waals surface area contributed by atoms with E-state index in [1.165, 1.54) is 24.2 Å². The van der Waals surface area contributed by atoms with Crippen molar-refractivity contribution in [3.8, 4) is 0 Å². The summed E-state index contributed by atoms with van der Waals surface area (Å²) in [5, 5.41) is 3.16. The third-order valence-electron chi connectivity index (χ3n) is 3.46. The van der Waals surface area contributed by atoms with Gasteiger partial charge in [0.2, 0.25) is 0 Å². The molecule has 2 nitrogen and oxygen atoms in total. The fourth-order valence-corrected chi connectivity index (χ4v) is 5.12. The Balaban J connectivity index is 2.10. The molecule has 0 aliphatic heterocycles. The molecule has 0 saturated heterocycles. The number of carbonyl (C=O) groups is 1. The fourth-order valence-electron chi connectivity index (χ4n) is 2.33. The van der Waals surface area contributed by atoms with E-state index in [0.717, 1.165) is 19.6 Å². The molecule has 1 saturated carbocycles. The van der Waals surface area contributed by atoms with Crippen LogP contribution in [0.1, 0.15) is 43.5 Å². The van der Waals surface area contributed by atoms with Gasteiger partial charge in [0.25, 0.3) is 5.91 Å². The second kappa shape index (κ2) is 5.02. The minimum Gasteiger partial charge on any atom is -0.349 e. The summed E-state index contributed by atoms with van der Waals surface area (Å²) in [4.78, 5) is 12.2. The zero-order valence-corrected chi connectivity index (χ0v) is 13.8. The summed E-state index contributed by atoms with van der Waals surface area (Å²) in [6, 6.07) is 2.16. The van der Waals surface area contributed by atoms with Crippen molar-refractivity contribution in [3.05, 3.63) is 19.2 Å². The van der Waals surface area contributed by atoms with Crippen molar-refractivity contribution in [2.75, 3.05) is 0 Å². The van der Waals surface area contributed by atoms with Gasteiger partial charge in [-0.15, -0.1) is 11.3 Å². The zero-order chi connectivity index (χ0) is 12.6. The van der Waals surface area contributed by atoms with Crippen LogP contribution in [0.5, 0.6) is 0 Å². The maximum Gasteiger partial charge on any atom is 0.253 e. The van der Waals surface area contributed by atoms with Gasteiger partial charge in [-0.1, -0.05) is 20.3 Å². The Hall–Kier alpha value is 0.130. The molecule has 1 heterocycles. The number of thiophene rings is 1. The standard InChI is InChI=1S/C12H15Br2NOS/c1-12(2)5-3-4-8(12)15-11(16)7-6-9(13)17-10(7)14/h6,8H,3-5H2,1-2H3,(H,15,16). The summed E-state index contributed by atoms with van der Waals surface area (Å²) in [6.07, 6.45) is 3.47. The van der Waals surface area contributed by atoms with Crippen molar-refractivity contribution in [3.63, 3.8) is 0 Å². The predicted molar refractivity (Wildman–Crippen MR) is 78.6 cm³/mol. The summed E-state index contributed by atoms with van der Waals surface area (Å²) < 4.78 is 1.86. The molecule has 1 aliphatic carbocycles. The maximum atomic E-state index is 12.2. The molecule has 1 atom stereocenters. The molecular formula is C12H15Br2NOS. The molecule has 1 aliphatic rings. The van der Waals surface area contributed by atoms with Gasteiger partial charge < -0.3 is 5.32 Å². The van der Waals surface area contributed by atoms with Crippen LogP contribution in [-0.4, -0.2) is 11.9 Å². The molecule has 0 bridgehead atoms. The van der Waals surface area contributed by atoms with Crippen molar-refractivity contribution in [1.29, 1.82) is 0 Å². The normalized spacial score (nSPS) is 22.7. The van der Waals surface area contributed by atoms with Crippen LogP contribution < -0.4 is 5.32 Å². The summed E-state index contributed by atoms with van der Waals surface area (Å²) in [5.41, 5.74) is 0.944. The molecule has 1 fully saturated rings. The fraction of sp³-hybridized carbons (Fsp3) is 0.583. The second-order valence-electron chi connectivity index (χ2n) is 5.14. The summed E-state index contributed by atoms with van der Waals surface area (Å²) in [6.45, 7) is 4.45. The Morgan fingerprint density at radius 3 is 2.71 bits per heavy atom. The topological polar surface area (TPSA) is 29.1 Å². The molecular weight excluding hydrogens is 366 g/mol. The Morgan fingerprint density at radius 1 is 1.53 bits per heavy atom. The van der Waals surface area contributed by atoms with E-state index in [-0.39, 0.29) is 11.3 Å².